The zero-order valence-electron chi connectivity index (χ0n) is 13.8. The average Bonchev–Trinajstić information content (AvgIpc) is 2.60. The smallest absolute Gasteiger partial charge is 0.163 e. The maximum absolute atomic E-state index is 12.7. The van der Waals surface area contributed by atoms with E-state index in [-0.39, 0.29) is 23.0 Å². The predicted octanol–water partition coefficient (Wildman–Crippen LogP) is 3.41. The fourth-order valence-electron chi connectivity index (χ4n) is 3.66. The monoisotopic (exact) mass is 410 g/mol. The van der Waals surface area contributed by atoms with Crippen LogP contribution >= 0.6 is 15.9 Å². The molecule has 1 aromatic heterocycles. The lowest BCUT2D eigenvalue weighted by Gasteiger charge is -2.33. The molecule has 0 radical (unpaired) electrons. The van der Waals surface area contributed by atoms with Gasteiger partial charge in [-0.3, -0.25) is 4.79 Å². The van der Waals surface area contributed by atoms with Crippen molar-refractivity contribution in [1.82, 2.24) is 4.98 Å². The van der Waals surface area contributed by atoms with Gasteiger partial charge in [-0.1, -0.05) is 28.1 Å². The van der Waals surface area contributed by atoms with Crippen molar-refractivity contribution in [2.75, 3.05) is 11.5 Å². The highest BCUT2D eigenvalue weighted by molar-refractivity contribution is 9.10. The van der Waals surface area contributed by atoms with E-state index in [4.69, 9.17) is 16.2 Å². The van der Waals surface area contributed by atoms with Crippen molar-refractivity contribution in [2.24, 2.45) is 0 Å². The van der Waals surface area contributed by atoms with Gasteiger partial charge in [0.25, 0.3) is 0 Å². The second-order valence-electron chi connectivity index (χ2n) is 6.32. The van der Waals surface area contributed by atoms with Gasteiger partial charge in [0.05, 0.1) is 5.56 Å². The number of aromatic nitrogens is 1. The number of nitriles is 1. The van der Waals surface area contributed by atoms with Crippen molar-refractivity contribution < 1.29 is 9.53 Å². The van der Waals surface area contributed by atoms with Crippen LogP contribution in [0.5, 0.6) is 5.75 Å². The number of fused-ring (bicyclic) bond motifs is 1. The maximum atomic E-state index is 12.7. The van der Waals surface area contributed by atoms with Gasteiger partial charge in [-0.25, -0.2) is 4.98 Å². The minimum atomic E-state index is -0.431. The quantitative estimate of drug-likeness (QED) is 0.743. The van der Waals surface area contributed by atoms with Crippen LogP contribution < -0.4 is 16.2 Å². The van der Waals surface area contributed by atoms with Gasteiger partial charge in [-0.15, -0.1) is 0 Å². The second-order valence-corrected chi connectivity index (χ2v) is 7.23. The summed E-state index contributed by atoms with van der Waals surface area (Å²) in [7, 11) is 0. The number of allylic oxidation sites excluding steroid dienone is 2. The van der Waals surface area contributed by atoms with Crippen LogP contribution in [0, 0.1) is 11.3 Å². The van der Waals surface area contributed by atoms with Crippen LogP contribution in [-0.2, 0) is 4.79 Å². The molecular formula is C19H15BrN4O2. The molecule has 0 bridgehead atoms. The fraction of sp³-hybridized carbons (Fsp3) is 0.211. The van der Waals surface area contributed by atoms with Crippen LogP contribution in [0.2, 0.25) is 0 Å². The number of nitrogens with zero attached hydrogens (tertiary/aromatic N) is 2. The number of benzene rings is 1. The first-order valence-electron chi connectivity index (χ1n) is 8.19. The molecule has 1 aromatic carbocycles. The molecule has 0 fully saturated rings. The number of rotatable bonds is 1. The minimum absolute atomic E-state index is 0.0305. The molecule has 2 aliphatic rings. The van der Waals surface area contributed by atoms with Gasteiger partial charge >= 0.3 is 0 Å². The number of anilines is 2. The van der Waals surface area contributed by atoms with Crippen molar-refractivity contribution in [2.45, 2.75) is 25.2 Å². The number of ether oxygens (including phenoxy) is 1. The molecule has 1 aliphatic heterocycles. The molecule has 2 heterocycles. The number of carbonyl (C=O) groups excluding carboxylic acids is 1. The highest BCUT2D eigenvalue weighted by Crippen LogP contribution is 2.50. The number of nitrogens with two attached hydrogens (primary N) is 2. The molecule has 1 unspecified atom stereocenters. The molecule has 0 amide bonds. The van der Waals surface area contributed by atoms with Gasteiger partial charge < -0.3 is 16.2 Å². The van der Waals surface area contributed by atoms with Gasteiger partial charge in [0, 0.05) is 28.8 Å². The Balaban J connectivity index is 2.06. The van der Waals surface area contributed by atoms with Crippen LogP contribution in [0.25, 0.3) is 0 Å². The Hall–Kier alpha value is -2.85. The molecule has 1 atom stereocenters. The number of Topliss-reactive ketones (excluding diaryl/α,β-unsaturated/α-hetero) is 1. The van der Waals surface area contributed by atoms with Crippen molar-refractivity contribution in [1.29, 1.82) is 5.26 Å². The first-order chi connectivity index (χ1) is 12.5. The topological polar surface area (TPSA) is 115 Å². The van der Waals surface area contributed by atoms with E-state index in [1.807, 2.05) is 24.3 Å². The van der Waals surface area contributed by atoms with E-state index in [1.165, 1.54) is 0 Å². The number of nitrogen functional groups attached to an aromatic ring is 2. The third-order valence-electron chi connectivity index (χ3n) is 4.75. The van der Waals surface area contributed by atoms with E-state index in [9.17, 15) is 10.1 Å². The van der Waals surface area contributed by atoms with Crippen LogP contribution in [0.1, 0.15) is 41.9 Å². The number of pyridine rings is 1. The van der Waals surface area contributed by atoms with Crippen LogP contribution in [0.4, 0.5) is 11.6 Å². The number of halogens is 1. The Morgan fingerprint density at radius 1 is 1.27 bits per heavy atom. The van der Waals surface area contributed by atoms with Gasteiger partial charge in [0.15, 0.2) is 11.5 Å². The van der Waals surface area contributed by atoms with Gasteiger partial charge in [-0.05, 0) is 24.1 Å². The minimum Gasteiger partial charge on any atom is -0.459 e. The number of carbonyl (C=O) groups is 1. The van der Waals surface area contributed by atoms with E-state index in [0.29, 0.717) is 35.5 Å². The summed E-state index contributed by atoms with van der Waals surface area (Å²) in [6, 6.07) is 9.73. The summed E-state index contributed by atoms with van der Waals surface area (Å²) in [6.45, 7) is 0. The number of hydrogen-bond acceptors (Lipinski definition) is 6. The summed E-state index contributed by atoms with van der Waals surface area (Å²) < 4.78 is 6.88. The molecule has 1 aliphatic carbocycles. The van der Waals surface area contributed by atoms with Gasteiger partial charge in [-0.2, -0.15) is 5.26 Å². The largest absolute Gasteiger partial charge is 0.459 e. The Labute approximate surface area is 158 Å². The van der Waals surface area contributed by atoms with Crippen molar-refractivity contribution in [3.05, 3.63) is 56.8 Å². The van der Waals surface area contributed by atoms with E-state index in [2.05, 4.69) is 27.0 Å². The molecule has 6 nitrogen and oxygen atoms in total. The Morgan fingerprint density at radius 2 is 2.08 bits per heavy atom. The molecule has 0 saturated carbocycles. The number of ketones is 1. The van der Waals surface area contributed by atoms with Crippen molar-refractivity contribution in [3.8, 4) is 11.8 Å². The Kier molecular flexibility index (Phi) is 3.93. The lowest BCUT2D eigenvalue weighted by molar-refractivity contribution is -0.116. The first kappa shape index (κ1) is 16.6. The molecule has 26 heavy (non-hydrogen) atoms. The molecule has 0 saturated heterocycles. The maximum Gasteiger partial charge on any atom is 0.163 e. The van der Waals surface area contributed by atoms with Crippen LogP contribution in [0.15, 0.2) is 40.1 Å². The lowest BCUT2D eigenvalue weighted by atomic mass is 9.76. The van der Waals surface area contributed by atoms with E-state index in [0.717, 1.165) is 16.5 Å². The normalized spacial score (nSPS) is 18.6. The highest BCUT2D eigenvalue weighted by Gasteiger charge is 2.40. The zero-order chi connectivity index (χ0) is 18.4. The first-order valence-corrected chi connectivity index (χ1v) is 8.99. The molecule has 130 valence electrons. The van der Waals surface area contributed by atoms with Crippen molar-refractivity contribution in [3.63, 3.8) is 0 Å². The predicted molar refractivity (Wildman–Crippen MR) is 100 cm³/mol. The zero-order valence-corrected chi connectivity index (χ0v) is 15.3. The van der Waals surface area contributed by atoms with Gasteiger partial charge in [0.2, 0.25) is 0 Å². The Bertz CT molecular complexity index is 1020. The Morgan fingerprint density at radius 3 is 2.81 bits per heavy atom. The summed E-state index contributed by atoms with van der Waals surface area (Å²) in [5, 5.41) is 9.53. The van der Waals surface area contributed by atoms with E-state index in [1.54, 1.807) is 0 Å². The third-order valence-corrected chi connectivity index (χ3v) is 5.24. The molecule has 4 rings (SSSR count). The van der Waals surface area contributed by atoms with E-state index >= 15 is 0 Å². The summed E-state index contributed by atoms with van der Waals surface area (Å²) in [5.41, 5.74) is 14.2. The SMILES string of the molecule is N#Cc1c(N)nc(N)c2c1OC1=C(C(=O)CCC1)C2c1cccc(Br)c1. The van der Waals surface area contributed by atoms with Crippen LogP contribution in [-0.4, -0.2) is 10.8 Å². The molecule has 2 aromatic rings. The lowest BCUT2D eigenvalue weighted by Crippen LogP contribution is -2.27. The van der Waals surface area contributed by atoms with Gasteiger partial charge in [0.1, 0.15) is 29.0 Å². The van der Waals surface area contributed by atoms with Crippen LogP contribution in [0.3, 0.4) is 0 Å². The molecule has 0 spiro atoms. The molecular weight excluding hydrogens is 396 g/mol. The third kappa shape index (κ3) is 2.45. The molecule has 4 N–H and O–H groups in total. The summed E-state index contributed by atoms with van der Waals surface area (Å²) in [4.78, 5) is 16.9. The highest BCUT2D eigenvalue weighted by atomic mass is 79.9. The summed E-state index contributed by atoms with van der Waals surface area (Å²) in [6.07, 6.45) is 1.82. The van der Waals surface area contributed by atoms with E-state index < -0.39 is 5.92 Å². The average molecular weight is 411 g/mol. The van der Waals surface area contributed by atoms with Crippen molar-refractivity contribution >= 4 is 33.3 Å². The standard InChI is InChI=1S/C19H15BrN4O2/c20-10-4-1-3-9(7-10)14-15-12(25)5-2-6-13(15)26-17-11(8-21)18(22)24-19(23)16(14)17/h1,3-4,7,14H,2,5-6H2,(H4,22,23,24). The summed E-state index contributed by atoms with van der Waals surface area (Å²) >= 11 is 3.48. The molecule has 7 heteroatoms. The summed E-state index contributed by atoms with van der Waals surface area (Å²) in [5.74, 6) is 0.723. The number of hydrogen-bond donors (Lipinski definition) is 2. The fourth-order valence-corrected chi connectivity index (χ4v) is 4.07. The second kappa shape index (κ2) is 6.15.